The number of anilines is 1. The number of hydrogen-bond acceptors (Lipinski definition) is 4. The number of hydrogen-bond donors (Lipinski definition) is 1. The molecular weight excluding hydrogens is 292 g/mol. The summed E-state index contributed by atoms with van der Waals surface area (Å²) >= 11 is 0. The molecule has 6 nitrogen and oxygen atoms in total. The third-order valence-electron chi connectivity index (χ3n) is 3.88. The summed E-state index contributed by atoms with van der Waals surface area (Å²) in [5.41, 5.74) is 1.17. The maximum Gasteiger partial charge on any atom is 0.245 e. The van der Waals surface area contributed by atoms with E-state index in [0.717, 1.165) is 12.0 Å². The molecule has 0 saturated carbocycles. The molecule has 2 fully saturated rings. The van der Waals surface area contributed by atoms with E-state index in [0.29, 0.717) is 18.8 Å². The first kappa shape index (κ1) is 14.5. The predicted octanol–water partition coefficient (Wildman–Crippen LogP) is 1.12. The molecule has 1 aromatic carbocycles. The molecule has 2 atom stereocenters. The fraction of sp³-hybridized carbons (Fsp3) is 0.500. The largest absolute Gasteiger partial charge is 0.375 e. The molecule has 3 rings (SSSR count). The molecule has 1 amide bonds. The average molecular weight is 310 g/mol. The van der Waals surface area contributed by atoms with Crippen LogP contribution in [0.3, 0.4) is 0 Å². The van der Waals surface area contributed by atoms with E-state index in [9.17, 15) is 13.2 Å². The molecule has 0 radical (unpaired) electrons. The van der Waals surface area contributed by atoms with E-state index in [1.807, 2.05) is 6.92 Å². The molecule has 0 unspecified atom stereocenters. The Balaban J connectivity index is 2.02. The van der Waals surface area contributed by atoms with Gasteiger partial charge in [-0.15, -0.1) is 0 Å². The summed E-state index contributed by atoms with van der Waals surface area (Å²) in [5, 5.41) is 2.60. The van der Waals surface area contributed by atoms with Crippen LogP contribution in [0.15, 0.2) is 23.1 Å². The van der Waals surface area contributed by atoms with Crippen molar-refractivity contribution in [1.29, 1.82) is 0 Å². The zero-order chi connectivity index (χ0) is 15.2. The van der Waals surface area contributed by atoms with Crippen LogP contribution in [0.5, 0.6) is 0 Å². The van der Waals surface area contributed by atoms with Crippen LogP contribution >= 0.6 is 0 Å². The van der Waals surface area contributed by atoms with Crippen LogP contribution < -0.4 is 5.32 Å². The van der Waals surface area contributed by atoms with Gasteiger partial charge in [-0.1, -0.05) is 6.07 Å². The molecule has 1 N–H and O–H groups in total. The van der Waals surface area contributed by atoms with E-state index in [1.165, 1.54) is 11.2 Å². The predicted molar refractivity (Wildman–Crippen MR) is 77.5 cm³/mol. The van der Waals surface area contributed by atoms with Gasteiger partial charge in [-0.25, -0.2) is 8.42 Å². The molecule has 1 aromatic rings. The van der Waals surface area contributed by atoms with Gasteiger partial charge in [0.25, 0.3) is 0 Å². The van der Waals surface area contributed by atoms with E-state index >= 15 is 0 Å². The van der Waals surface area contributed by atoms with Gasteiger partial charge < -0.3 is 10.1 Å². The van der Waals surface area contributed by atoms with Crippen molar-refractivity contribution in [3.05, 3.63) is 23.8 Å². The topological polar surface area (TPSA) is 75.7 Å². The van der Waals surface area contributed by atoms with Gasteiger partial charge in [0.2, 0.25) is 15.9 Å². The normalized spacial score (nSPS) is 25.2. The summed E-state index contributed by atoms with van der Waals surface area (Å²) in [6, 6.07) is 4.93. The molecule has 7 heteroatoms. The number of nitrogens with zero attached hydrogens (tertiary/aromatic N) is 1. The Morgan fingerprint density at radius 1 is 1.43 bits per heavy atom. The third-order valence-corrected chi connectivity index (χ3v) is 5.84. The number of aryl methyl sites for hydroxylation is 1. The van der Waals surface area contributed by atoms with Gasteiger partial charge in [0.15, 0.2) is 0 Å². The third kappa shape index (κ3) is 2.56. The van der Waals surface area contributed by atoms with Crippen molar-refractivity contribution in [2.24, 2.45) is 0 Å². The van der Waals surface area contributed by atoms with Crippen molar-refractivity contribution in [1.82, 2.24) is 4.31 Å². The van der Waals surface area contributed by atoms with E-state index in [4.69, 9.17) is 4.74 Å². The number of sulfonamides is 1. The highest BCUT2D eigenvalue weighted by atomic mass is 32.2. The van der Waals surface area contributed by atoms with Gasteiger partial charge in [0.1, 0.15) is 4.90 Å². The Labute approximate surface area is 124 Å². The van der Waals surface area contributed by atoms with E-state index < -0.39 is 10.0 Å². The quantitative estimate of drug-likeness (QED) is 0.907. The number of morpholine rings is 1. The van der Waals surface area contributed by atoms with Gasteiger partial charge in [-0.2, -0.15) is 4.31 Å². The van der Waals surface area contributed by atoms with Crippen molar-refractivity contribution in [2.75, 3.05) is 18.5 Å². The van der Waals surface area contributed by atoms with Gasteiger partial charge >= 0.3 is 0 Å². The lowest BCUT2D eigenvalue weighted by Gasteiger charge is -2.27. The Morgan fingerprint density at radius 3 is 2.76 bits per heavy atom. The summed E-state index contributed by atoms with van der Waals surface area (Å²) in [5.74, 6) is -0.290. The summed E-state index contributed by atoms with van der Waals surface area (Å²) < 4.78 is 32.8. The average Bonchev–Trinajstić information content (AvgIpc) is 3.03. The lowest BCUT2D eigenvalue weighted by Crippen LogP contribution is -2.41. The number of carbonyl (C=O) groups excluding carboxylic acids is 1. The molecule has 0 aliphatic carbocycles. The lowest BCUT2D eigenvalue weighted by molar-refractivity contribution is -0.114. The lowest BCUT2D eigenvalue weighted by atomic mass is 10.2. The zero-order valence-corrected chi connectivity index (χ0v) is 12.8. The van der Waals surface area contributed by atoms with Gasteiger partial charge in [0.05, 0.1) is 24.4 Å². The Hall–Kier alpha value is -1.44. The fourth-order valence-electron chi connectivity index (χ4n) is 2.92. The van der Waals surface area contributed by atoms with Crippen LogP contribution in [0.2, 0.25) is 0 Å². The maximum absolute atomic E-state index is 12.9. The molecule has 114 valence electrons. The van der Waals surface area contributed by atoms with E-state index in [1.54, 1.807) is 18.2 Å². The van der Waals surface area contributed by atoms with Crippen molar-refractivity contribution in [3.8, 4) is 0 Å². The minimum Gasteiger partial charge on any atom is -0.375 e. The Morgan fingerprint density at radius 2 is 2.19 bits per heavy atom. The summed E-state index contributed by atoms with van der Waals surface area (Å²) in [6.45, 7) is 4.03. The second-order valence-corrected chi connectivity index (χ2v) is 7.46. The molecule has 2 heterocycles. The number of benzene rings is 1. The maximum atomic E-state index is 12.9. The second kappa shape index (κ2) is 5.08. The van der Waals surface area contributed by atoms with Crippen molar-refractivity contribution in [2.45, 2.75) is 37.3 Å². The molecular formula is C14H18N2O4S. The van der Waals surface area contributed by atoms with Crippen molar-refractivity contribution >= 4 is 21.6 Å². The van der Waals surface area contributed by atoms with Crippen LogP contribution in [0.1, 0.15) is 18.9 Å². The Kier molecular flexibility index (Phi) is 3.51. The van der Waals surface area contributed by atoms with Gasteiger partial charge in [-0.3, -0.25) is 4.79 Å². The summed E-state index contributed by atoms with van der Waals surface area (Å²) in [7, 11) is -3.63. The molecule has 2 saturated heterocycles. The highest BCUT2D eigenvalue weighted by molar-refractivity contribution is 7.89. The van der Waals surface area contributed by atoms with E-state index in [-0.39, 0.29) is 22.9 Å². The molecule has 21 heavy (non-hydrogen) atoms. The summed E-state index contributed by atoms with van der Waals surface area (Å²) in [6.07, 6.45) is 0.749. The van der Waals surface area contributed by atoms with Crippen LogP contribution in [0.25, 0.3) is 0 Å². The van der Waals surface area contributed by atoms with E-state index in [2.05, 4.69) is 5.32 Å². The highest BCUT2D eigenvalue weighted by Crippen LogP contribution is 2.35. The SMILES string of the molecule is CC(=O)Nc1ccc(C)cc1S(=O)(=O)N1C[C@H]2C[C@H]1CO2. The zero-order valence-electron chi connectivity index (χ0n) is 12.0. The molecule has 0 aromatic heterocycles. The van der Waals surface area contributed by atoms with Crippen molar-refractivity contribution in [3.63, 3.8) is 0 Å². The van der Waals surface area contributed by atoms with Crippen LogP contribution in [-0.2, 0) is 19.6 Å². The molecule has 2 aliphatic rings. The highest BCUT2D eigenvalue weighted by Gasteiger charge is 2.46. The smallest absolute Gasteiger partial charge is 0.245 e. The number of rotatable bonds is 3. The van der Waals surface area contributed by atoms with Crippen molar-refractivity contribution < 1.29 is 17.9 Å². The number of amides is 1. The first-order chi connectivity index (χ1) is 9.88. The minimum atomic E-state index is -3.63. The molecule has 2 aliphatic heterocycles. The minimum absolute atomic E-state index is 0.00111. The standard InChI is InChI=1S/C14H18N2O4S/c1-9-3-4-13(15-10(2)17)14(5-9)21(18,19)16-7-12-6-11(16)8-20-12/h3-5,11-12H,6-8H2,1-2H3,(H,15,17)/t11-,12+/m0/s1. The fourth-order valence-corrected chi connectivity index (χ4v) is 4.81. The van der Waals surface area contributed by atoms with Gasteiger partial charge in [0, 0.05) is 13.5 Å². The molecule has 0 spiro atoms. The Bertz CT molecular complexity index is 686. The van der Waals surface area contributed by atoms with Gasteiger partial charge in [-0.05, 0) is 31.0 Å². The number of fused-ring (bicyclic) bond motifs is 2. The second-order valence-electron chi connectivity index (χ2n) is 5.60. The van der Waals surface area contributed by atoms with Crippen LogP contribution in [0.4, 0.5) is 5.69 Å². The molecule has 2 bridgehead atoms. The number of carbonyl (C=O) groups is 1. The van der Waals surface area contributed by atoms with Crippen LogP contribution in [0, 0.1) is 6.92 Å². The summed E-state index contributed by atoms with van der Waals surface area (Å²) in [4.78, 5) is 11.4. The first-order valence-corrected chi connectivity index (χ1v) is 8.33. The number of nitrogens with one attached hydrogen (secondary N) is 1. The first-order valence-electron chi connectivity index (χ1n) is 6.89. The van der Waals surface area contributed by atoms with Crippen LogP contribution in [-0.4, -0.2) is 43.9 Å². The number of ether oxygens (including phenoxy) is 1. The monoisotopic (exact) mass is 310 g/mol.